The summed E-state index contributed by atoms with van der Waals surface area (Å²) in [7, 11) is 0. The SMILES string of the molecule is Cc1nnc(C(N=Nc2ccccc2)=NNc2ccccc2)o1. The highest BCUT2D eigenvalue weighted by Crippen LogP contribution is 2.13. The van der Waals surface area contributed by atoms with Crippen LogP contribution in [0.5, 0.6) is 0 Å². The van der Waals surface area contributed by atoms with Crippen molar-refractivity contribution in [3.8, 4) is 0 Å². The van der Waals surface area contributed by atoms with E-state index in [1.54, 1.807) is 6.92 Å². The van der Waals surface area contributed by atoms with Gasteiger partial charge in [-0.25, -0.2) is 0 Å². The molecule has 0 aliphatic rings. The number of rotatable bonds is 4. The first-order chi connectivity index (χ1) is 11.3. The van der Waals surface area contributed by atoms with Crippen molar-refractivity contribution in [2.45, 2.75) is 6.92 Å². The molecule has 1 aromatic heterocycles. The molecule has 0 aliphatic carbocycles. The average Bonchev–Trinajstić information content (AvgIpc) is 3.03. The van der Waals surface area contributed by atoms with E-state index in [9.17, 15) is 0 Å². The number of hydrazone groups is 1. The maximum Gasteiger partial charge on any atom is 0.289 e. The fraction of sp³-hybridized carbons (Fsp3) is 0.0625. The van der Waals surface area contributed by atoms with E-state index < -0.39 is 0 Å². The fourth-order valence-corrected chi connectivity index (χ4v) is 1.73. The van der Waals surface area contributed by atoms with E-state index in [1.807, 2.05) is 60.7 Å². The number of azo groups is 1. The van der Waals surface area contributed by atoms with Gasteiger partial charge < -0.3 is 4.42 Å². The summed E-state index contributed by atoms with van der Waals surface area (Å²) >= 11 is 0. The van der Waals surface area contributed by atoms with Crippen molar-refractivity contribution in [2.24, 2.45) is 15.3 Å². The van der Waals surface area contributed by atoms with Crippen LogP contribution in [0.4, 0.5) is 11.4 Å². The number of aryl methyl sites for hydroxylation is 1. The second-order valence-electron chi connectivity index (χ2n) is 4.58. The molecule has 0 saturated heterocycles. The summed E-state index contributed by atoms with van der Waals surface area (Å²) < 4.78 is 5.38. The lowest BCUT2D eigenvalue weighted by Crippen LogP contribution is -2.01. The Morgan fingerprint density at radius 1 is 0.957 bits per heavy atom. The van der Waals surface area contributed by atoms with Crippen molar-refractivity contribution in [3.05, 3.63) is 72.4 Å². The van der Waals surface area contributed by atoms with Crippen LogP contribution in [0.2, 0.25) is 0 Å². The Labute approximate surface area is 132 Å². The molecule has 0 radical (unpaired) electrons. The Hall–Kier alpha value is -3.35. The number of benzene rings is 2. The topological polar surface area (TPSA) is 88.0 Å². The lowest BCUT2D eigenvalue weighted by atomic mass is 10.3. The number of hydrogen-bond acceptors (Lipinski definition) is 6. The minimum Gasteiger partial charge on any atom is -0.418 e. The molecule has 3 rings (SSSR count). The van der Waals surface area contributed by atoms with Crippen LogP contribution in [0, 0.1) is 6.92 Å². The molecule has 0 fully saturated rings. The van der Waals surface area contributed by atoms with E-state index >= 15 is 0 Å². The molecule has 23 heavy (non-hydrogen) atoms. The largest absolute Gasteiger partial charge is 0.418 e. The second-order valence-corrected chi connectivity index (χ2v) is 4.58. The number of nitrogens with zero attached hydrogens (tertiary/aromatic N) is 5. The highest BCUT2D eigenvalue weighted by molar-refractivity contribution is 5.95. The van der Waals surface area contributed by atoms with Gasteiger partial charge in [-0.05, 0) is 24.3 Å². The van der Waals surface area contributed by atoms with Gasteiger partial charge in [0.25, 0.3) is 11.7 Å². The van der Waals surface area contributed by atoms with E-state index in [2.05, 4.69) is 31.0 Å². The quantitative estimate of drug-likeness (QED) is 0.342. The lowest BCUT2D eigenvalue weighted by molar-refractivity contribution is 0.509. The van der Waals surface area contributed by atoms with Crippen LogP contribution in [-0.4, -0.2) is 16.0 Å². The van der Waals surface area contributed by atoms with Crippen molar-refractivity contribution in [1.29, 1.82) is 0 Å². The zero-order valence-electron chi connectivity index (χ0n) is 12.4. The third-order valence-electron chi connectivity index (χ3n) is 2.80. The molecular weight excluding hydrogens is 292 g/mol. The summed E-state index contributed by atoms with van der Waals surface area (Å²) in [5.41, 5.74) is 4.42. The summed E-state index contributed by atoms with van der Waals surface area (Å²) in [5.74, 6) is 0.839. The molecule has 0 aliphatic heterocycles. The molecule has 0 saturated carbocycles. The predicted molar refractivity (Wildman–Crippen MR) is 86.6 cm³/mol. The van der Waals surface area contributed by atoms with Gasteiger partial charge in [-0.2, -0.15) is 0 Å². The summed E-state index contributed by atoms with van der Waals surface area (Å²) in [4.78, 5) is 0. The van der Waals surface area contributed by atoms with Crippen molar-refractivity contribution >= 4 is 17.2 Å². The number of hydrogen-bond donors (Lipinski definition) is 1. The van der Waals surface area contributed by atoms with Crippen LogP contribution in [0.1, 0.15) is 11.8 Å². The molecule has 7 heteroatoms. The molecular formula is C16H14N6O. The number of anilines is 1. The Kier molecular flexibility index (Phi) is 4.49. The summed E-state index contributed by atoms with van der Waals surface area (Å²) in [6.45, 7) is 1.70. The minimum absolute atomic E-state index is 0.200. The van der Waals surface area contributed by atoms with Crippen LogP contribution >= 0.6 is 0 Å². The number of amidine groups is 1. The third kappa shape index (κ3) is 4.07. The van der Waals surface area contributed by atoms with Gasteiger partial charge in [-0.3, -0.25) is 5.43 Å². The molecule has 7 nitrogen and oxygen atoms in total. The van der Waals surface area contributed by atoms with Crippen LogP contribution < -0.4 is 5.43 Å². The van der Waals surface area contributed by atoms with Crippen LogP contribution in [0.15, 0.2) is 80.4 Å². The number of para-hydroxylation sites is 1. The lowest BCUT2D eigenvalue weighted by Gasteiger charge is -2.00. The predicted octanol–water partition coefficient (Wildman–Crippen LogP) is 3.94. The highest BCUT2D eigenvalue weighted by Gasteiger charge is 2.11. The van der Waals surface area contributed by atoms with Gasteiger partial charge in [-0.1, -0.05) is 36.4 Å². The Bertz CT molecular complexity index is 811. The summed E-state index contributed by atoms with van der Waals surface area (Å²) in [5, 5.41) is 20.2. The number of nitrogens with one attached hydrogen (secondary N) is 1. The van der Waals surface area contributed by atoms with Gasteiger partial charge in [-0.15, -0.1) is 25.5 Å². The molecule has 0 bridgehead atoms. The van der Waals surface area contributed by atoms with E-state index in [4.69, 9.17) is 4.42 Å². The van der Waals surface area contributed by atoms with Gasteiger partial charge in [0.1, 0.15) is 0 Å². The van der Waals surface area contributed by atoms with Gasteiger partial charge in [0.2, 0.25) is 5.89 Å². The molecule has 1 N–H and O–H groups in total. The fourth-order valence-electron chi connectivity index (χ4n) is 1.73. The maximum atomic E-state index is 5.38. The standard InChI is InChI=1S/C16H14N6O/c1-12-17-22-16(23-12)15(20-18-13-8-4-2-5-9-13)21-19-14-10-6-3-7-11-14/h2-11,18H,1H3. The first-order valence-corrected chi connectivity index (χ1v) is 6.97. The highest BCUT2D eigenvalue weighted by atomic mass is 16.4. The van der Waals surface area contributed by atoms with Crippen molar-refractivity contribution in [1.82, 2.24) is 10.2 Å². The summed E-state index contributed by atoms with van der Waals surface area (Å²) in [6, 6.07) is 18.8. The Balaban J connectivity index is 1.86. The number of aromatic nitrogens is 2. The van der Waals surface area contributed by atoms with Crippen LogP contribution in [0.25, 0.3) is 0 Å². The summed E-state index contributed by atoms with van der Waals surface area (Å²) in [6.07, 6.45) is 0. The van der Waals surface area contributed by atoms with Gasteiger partial charge in [0.05, 0.1) is 11.4 Å². The van der Waals surface area contributed by atoms with Crippen molar-refractivity contribution in [3.63, 3.8) is 0 Å². The van der Waals surface area contributed by atoms with E-state index in [0.29, 0.717) is 11.6 Å². The van der Waals surface area contributed by atoms with Crippen LogP contribution in [0.3, 0.4) is 0 Å². The normalized spacial score (nSPS) is 11.8. The first kappa shape index (κ1) is 14.6. The molecule has 1 heterocycles. The van der Waals surface area contributed by atoms with E-state index in [1.165, 1.54) is 0 Å². The van der Waals surface area contributed by atoms with Gasteiger partial charge in [0.15, 0.2) is 0 Å². The smallest absolute Gasteiger partial charge is 0.289 e. The van der Waals surface area contributed by atoms with E-state index in [-0.39, 0.29) is 11.7 Å². The van der Waals surface area contributed by atoms with Crippen molar-refractivity contribution in [2.75, 3.05) is 5.43 Å². The van der Waals surface area contributed by atoms with Gasteiger partial charge in [0, 0.05) is 6.92 Å². The van der Waals surface area contributed by atoms with E-state index in [0.717, 1.165) is 5.69 Å². The zero-order chi connectivity index (χ0) is 15.9. The Morgan fingerprint density at radius 2 is 1.65 bits per heavy atom. The third-order valence-corrected chi connectivity index (χ3v) is 2.80. The Morgan fingerprint density at radius 3 is 2.30 bits per heavy atom. The second kappa shape index (κ2) is 7.08. The molecule has 2 aromatic carbocycles. The average molecular weight is 306 g/mol. The van der Waals surface area contributed by atoms with Crippen molar-refractivity contribution < 1.29 is 4.42 Å². The molecule has 0 unspecified atom stereocenters. The van der Waals surface area contributed by atoms with Gasteiger partial charge >= 0.3 is 0 Å². The molecule has 3 aromatic rings. The molecule has 0 atom stereocenters. The zero-order valence-corrected chi connectivity index (χ0v) is 12.4. The molecule has 0 amide bonds. The molecule has 114 valence electrons. The maximum absolute atomic E-state index is 5.38. The monoisotopic (exact) mass is 306 g/mol. The first-order valence-electron chi connectivity index (χ1n) is 6.97. The van der Waals surface area contributed by atoms with Crippen LogP contribution in [-0.2, 0) is 0 Å². The minimum atomic E-state index is 0.200. The molecule has 0 spiro atoms.